The number of nitrogens with one attached hydrogen (secondary N) is 2. The summed E-state index contributed by atoms with van der Waals surface area (Å²) in [5.74, 6) is 0.446. The number of aliphatic hydroxyl groups is 1. The summed E-state index contributed by atoms with van der Waals surface area (Å²) in [5, 5.41) is 21.8. The number of rotatable bonds is 5. The van der Waals surface area contributed by atoms with Gasteiger partial charge in [0.2, 0.25) is 0 Å². The van der Waals surface area contributed by atoms with Gasteiger partial charge in [-0.15, -0.1) is 0 Å². The van der Waals surface area contributed by atoms with Crippen molar-refractivity contribution in [2.24, 2.45) is 7.05 Å². The molecule has 108 valence electrons. The summed E-state index contributed by atoms with van der Waals surface area (Å²) in [4.78, 5) is 15.8. The van der Waals surface area contributed by atoms with E-state index in [0.29, 0.717) is 23.4 Å². The third-order valence-corrected chi connectivity index (χ3v) is 3.18. The monoisotopic (exact) mass is 278 g/mol. The first-order valence-electron chi connectivity index (χ1n) is 6.35. The number of hydrogen-bond donors (Lipinski definition) is 4. The van der Waals surface area contributed by atoms with Crippen LogP contribution in [0.4, 0.5) is 11.5 Å². The number of aromatic nitrogens is 2. The number of fused-ring (bicyclic) bond motifs is 1. The zero-order valence-corrected chi connectivity index (χ0v) is 11.4. The molecule has 4 N–H and O–H groups in total. The molecule has 1 aromatic heterocycles. The van der Waals surface area contributed by atoms with Crippen molar-refractivity contribution in [2.75, 3.05) is 17.4 Å². The number of hydrogen-bond acceptors (Lipinski definition) is 6. The van der Waals surface area contributed by atoms with E-state index in [0.717, 1.165) is 5.39 Å². The lowest BCUT2D eigenvalue weighted by molar-refractivity contribution is 0.282. The molecular weight excluding hydrogens is 260 g/mol. The molecule has 0 fully saturated rings. The van der Waals surface area contributed by atoms with Crippen molar-refractivity contribution >= 4 is 22.4 Å². The predicted molar refractivity (Wildman–Crippen MR) is 77.2 cm³/mol. The fraction of sp³-hybridized carbons (Fsp3) is 0.385. The zero-order chi connectivity index (χ0) is 14.7. The quantitative estimate of drug-likeness (QED) is 0.607. The fourth-order valence-electron chi connectivity index (χ4n) is 2.03. The van der Waals surface area contributed by atoms with Gasteiger partial charge < -0.3 is 10.4 Å². The van der Waals surface area contributed by atoms with Crippen LogP contribution >= 0.6 is 0 Å². The first kappa shape index (κ1) is 14.3. The normalized spacial score (nSPS) is 12.4. The maximum Gasteiger partial charge on any atom is 0.349 e. The average molecular weight is 278 g/mol. The van der Waals surface area contributed by atoms with Crippen molar-refractivity contribution in [3.8, 4) is 0 Å². The molecule has 2 rings (SSSR count). The van der Waals surface area contributed by atoms with Gasteiger partial charge in [-0.2, -0.15) is 4.98 Å². The fourth-order valence-corrected chi connectivity index (χ4v) is 2.03. The standard InChI is InChI=1S/C13H18N4O3/c1-8(5-6-18)14-12-10-7-9(16-20)3-4-11(10)17(2)13(19)15-12/h3-4,7-8,16,18,20H,5-6H2,1-2H3,(H,14,15,19). The number of nitrogens with zero attached hydrogens (tertiary/aromatic N) is 2. The molecule has 1 atom stereocenters. The second kappa shape index (κ2) is 5.89. The van der Waals surface area contributed by atoms with E-state index in [1.165, 1.54) is 4.57 Å². The topological polar surface area (TPSA) is 99.4 Å². The highest BCUT2D eigenvalue weighted by Gasteiger charge is 2.11. The number of anilines is 2. The average Bonchev–Trinajstić information content (AvgIpc) is 2.44. The Labute approximate surface area is 115 Å². The van der Waals surface area contributed by atoms with E-state index < -0.39 is 0 Å². The summed E-state index contributed by atoms with van der Waals surface area (Å²) >= 11 is 0. The minimum absolute atomic E-state index is 0.0199. The molecule has 0 aliphatic rings. The summed E-state index contributed by atoms with van der Waals surface area (Å²) in [6, 6.07) is 5.09. The lowest BCUT2D eigenvalue weighted by atomic mass is 10.2. The summed E-state index contributed by atoms with van der Waals surface area (Å²) in [6.45, 7) is 1.95. The van der Waals surface area contributed by atoms with Gasteiger partial charge in [0.1, 0.15) is 5.82 Å². The number of aliphatic hydroxyl groups excluding tert-OH is 1. The Balaban J connectivity index is 2.57. The van der Waals surface area contributed by atoms with Crippen LogP contribution in [0.15, 0.2) is 23.0 Å². The van der Waals surface area contributed by atoms with Crippen molar-refractivity contribution < 1.29 is 10.3 Å². The third kappa shape index (κ3) is 2.73. The van der Waals surface area contributed by atoms with Crippen molar-refractivity contribution in [3.05, 3.63) is 28.7 Å². The van der Waals surface area contributed by atoms with Gasteiger partial charge in [0.05, 0.1) is 11.2 Å². The summed E-state index contributed by atoms with van der Waals surface area (Å²) in [5.41, 5.74) is 2.94. The zero-order valence-electron chi connectivity index (χ0n) is 11.4. The van der Waals surface area contributed by atoms with Gasteiger partial charge in [-0.1, -0.05) is 0 Å². The molecule has 0 saturated carbocycles. The molecule has 7 heteroatoms. The SMILES string of the molecule is CC(CCO)Nc1nc(=O)n(C)c2ccc(NO)cc12. The Hall–Kier alpha value is -2.12. The lowest BCUT2D eigenvalue weighted by Crippen LogP contribution is -2.25. The van der Waals surface area contributed by atoms with Crippen molar-refractivity contribution in [1.82, 2.24) is 9.55 Å². The molecule has 1 heterocycles. The van der Waals surface area contributed by atoms with Crippen LogP contribution in [0, 0.1) is 0 Å². The molecule has 0 radical (unpaired) electrons. The summed E-state index contributed by atoms with van der Waals surface area (Å²) < 4.78 is 1.44. The van der Waals surface area contributed by atoms with E-state index in [2.05, 4.69) is 15.8 Å². The highest BCUT2D eigenvalue weighted by molar-refractivity contribution is 5.91. The van der Waals surface area contributed by atoms with Gasteiger partial charge in [0.15, 0.2) is 0 Å². The van der Waals surface area contributed by atoms with Crippen LogP contribution in [0.25, 0.3) is 10.9 Å². The Bertz CT molecular complexity index is 668. The molecule has 20 heavy (non-hydrogen) atoms. The summed E-state index contributed by atoms with van der Waals surface area (Å²) in [6.07, 6.45) is 0.552. The van der Waals surface area contributed by atoms with Crippen molar-refractivity contribution in [2.45, 2.75) is 19.4 Å². The van der Waals surface area contributed by atoms with Gasteiger partial charge in [-0.25, -0.2) is 4.79 Å². The molecule has 0 bridgehead atoms. The first-order chi connectivity index (χ1) is 9.56. The Morgan fingerprint density at radius 3 is 2.85 bits per heavy atom. The van der Waals surface area contributed by atoms with E-state index in [-0.39, 0.29) is 18.3 Å². The van der Waals surface area contributed by atoms with Crippen LogP contribution in [0.1, 0.15) is 13.3 Å². The molecule has 1 aromatic carbocycles. The molecular formula is C13H18N4O3. The molecule has 1 unspecified atom stereocenters. The van der Waals surface area contributed by atoms with Gasteiger partial charge in [0.25, 0.3) is 0 Å². The molecule has 0 spiro atoms. The molecule has 0 aliphatic heterocycles. The minimum atomic E-state index is -0.360. The van der Waals surface area contributed by atoms with Crippen LogP contribution < -0.4 is 16.5 Å². The van der Waals surface area contributed by atoms with Crippen LogP contribution in [-0.4, -0.2) is 32.5 Å². The Morgan fingerprint density at radius 1 is 1.45 bits per heavy atom. The molecule has 0 amide bonds. The van der Waals surface area contributed by atoms with E-state index in [9.17, 15) is 4.79 Å². The van der Waals surface area contributed by atoms with E-state index in [4.69, 9.17) is 10.3 Å². The van der Waals surface area contributed by atoms with E-state index >= 15 is 0 Å². The van der Waals surface area contributed by atoms with Crippen LogP contribution in [0.5, 0.6) is 0 Å². The van der Waals surface area contributed by atoms with Gasteiger partial charge >= 0.3 is 5.69 Å². The molecule has 0 aliphatic carbocycles. The predicted octanol–water partition coefficient (Wildman–Crippen LogP) is 0.917. The smallest absolute Gasteiger partial charge is 0.349 e. The van der Waals surface area contributed by atoms with E-state index in [1.807, 2.05) is 6.92 Å². The number of aryl methyl sites for hydroxylation is 1. The van der Waals surface area contributed by atoms with Crippen LogP contribution in [0.3, 0.4) is 0 Å². The lowest BCUT2D eigenvalue weighted by Gasteiger charge is -2.16. The summed E-state index contributed by atoms with van der Waals surface area (Å²) in [7, 11) is 1.64. The number of benzene rings is 1. The van der Waals surface area contributed by atoms with Crippen LogP contribution in [-0.2, 0) is 7.05 Å². The first-order valence-corrected chi connectivity index (χ1v) is 6.35. The molecule has 2 aromatic rings. The highest BCUT2D eigenvalue weighted by Crippen LogP contribution is 2.23. The van der Waals surface area contributed by atoms with Crippen molar-refractivity contribution in [1.29, 1.82) is 0 Å². The molecule has 7 nitrogen and oxygen atoms in total. The molecule has 0 saturated heterocycles. The second-order valence-electron chi connectivity index (χ2n) is 4.70. The van der Waals surface area contributed by atoms with Crippen molar-refractivity contribution in [3.63, 3.8) is 0 Å². The maximum absolute atomic E-state index is 11.8. The highest BCUT2D eigenvalue weighted by atomic mass is 16.5. The van der Waals surface area contributed by atoms with Crippen LogP contribution in [0.2, 0.25) is 0 Å². The largest absolute Gasteiger partial charge is 0.396 e. The van der Waals surface area contributed by atoms with E-state index in [1.54, 1.807) is 25.2 Å². The maximum atomic E-state index is 11.8. The van der Waals surface area contributed by atoms with Gasteiger partial charge in [-0.3, -0.25) is 15.3 Å². The second-order valence-corrected chi connectivity index (χ2v) is 4.70. The Kier molecular flexibility index (Phi) is 4.21. The van der Waals surface area contributed by atoms with Gasteiger partial charge in [0, 0.05) is 25.1 Å². The Morgan fingerprint density at radius 2 is 2.20 bits per heavy atom. The van der Waals surface area contributed by atoms with Gasteiger partial charge in [-0.05, 0) is 31.5 Å². The minimum Gasteiger partial charge on any atom is -0.396 e. The third-order valence-electron chi connectivity index (χ3n) is 3.18.